The number of aliphatic hydroxyl groups is 1. The molecule has 1 aromatic carbocycles. The largest absolute Gasteiger partial charge is 0.394 e. The summed E-state index contributed by atoms with van der Waals surface area (Å²) in [5.74, 6) is 0.0515. The molecule has 0 saturated heterocycles. The third-order valence-corrected chi connectivity index (χ3v) is 3.33. The van der Waals surface area contributed by atoms with Gasteiger partial charge in [-0.25, -0.2) is 0 Å². The Kier molecular flexibility index (Phi) is 13.8. The van der Waals surface area contributed by atoms with E-state index >= 15 is 0 Å². The molecule has 0 bridgehead atoms. The second-order valence-corrected chi connectivity index (χ2v) is 5.48. The SMILES string of the molecule is CC(=O)c1cccc(COCCOCCOCCOCCOCCO)c1. The van der Waals surface area contributed by atoms with Crippen molar-refractivity contribution in [3.63, 3.8) is 0 Å². The van der Waals surface area contributed by atoms with Crippen molar-refractivity contribution in [1.82, 2.24) is 0 Å². The molecule has 0 aliphatic rings. The maximum Gasteiger partial charge on any atom is 0.159 e. The fraction of sp³-hybridized carbons (Fsp3) is 0.632. The minimum absolute atomic E-state index is 0.0290. The van der Waals surface area contributed by atoms with E-state index in [0.717, 1.165) is 5.56 Å². The summed E-state index contributed by atoms with van der Waals surface area (Å²) in [4.78, 5) is 11.3. The lowest BCUT2D eigenvalue weighted by Crippen LogP contribution is -2.13. The van der Waals surface area contributed by atoms with Gasteiger partial charge in [0.15, 0.2) is 5.78 Å². The molecule has 0 spiro atoms. The van der Waals surface area contributed by atoms with E-state index in [0.29, 0.717) is 71.6 Å². The molecule has 1 rings (SSSR count). The average molecular weight is 370 g/mol. The van der Waals surface area contributed by atoms with Gasteiger partial charge in [0.2, 0.25) is 0 Å². The number of ketones is 1. The summed E-state index contributed by atoms with van der Waals surface area (Å²) in [6, 6.07) is 7.43. The monoisotopic (exact) mass is 370 g/mol. The van der Waals surface area contributed by atoms with E-state index in [1.807, 2.05) is 18.2 Å². The highest BCUT2D eigenvalue weighted by Crippen LogP contribution is 2.07. The van der Waals surface area contributed by atoms with Crippen LogP contribution >= 0.6 is 0 Å². The summed E-state index contributed by atoms with van der Waals surface area (Å²) in [6.45, 7) is 6.35. The summed E-state index contributed by atoms with van der Waals surface area (Å²) in [6.07, 6.45) is 0. The highest BCUT2D eigenvalue weighted by Gasteiger charge is 2.00. The predicted octanol–water partition coefficient (Wildman–Crippen LogP) is 1.46. The molecule has 0 amide bonds. The third-order valence-electron chi connectivity index (χ3n) is 3.33. The van der Waals surface area contributed by atoms with Gasteiger partial charge in [-0.3, -0.25) is 4.79 Å². The van der Waals surface area contributed by atoms with Crippen molar-refractivity contribution in [3.8, 4) is 0 Å². The Morgan fingerprint density at radius 2 is 1.31 bits per heavy atom. The summed E-state index contributed by atoms with van der Waals surface area (Å²) in [5.41, 5.74) is 1.67. The topological polar surface area (TPSA) is 83.5 Å². The van der Waals surface area contributed by atoms with Crippen molar-refractivity contribution >= 4 is 5.78 Å². The Morgan fingerprint density at radius 3 is 1.81 bits per heavy atom. The van der Waals surface area contributed by atoms with Crippen molar-refractivity contribution in [2.45, 2.75) is 13.5 Å². The van der Waals surface area contributed by atoms with E-state index in [9.17, 15) is 4.79 Å². The Hall–Kier alpha value is -1.35. The Bertz CT molecular complexity index is 479. The van der Waals surface area contributed by atoms with Crippen LogP contribution in [0.2, 0.25) is 0 Å². The molecule has 0 atom stereocenters. The van der Waals surface area contributed by atoms with Gasteiger partial charge in [0.05, 0.1) is 72.7 Å². The van der Waals surface area contributed by atoms with Gasteiger partial charge in [0.25, 0.3) is 0 Å². The minimum atomic E-state index is 0.0290. The lowest BCUT2D eigenvalue weighted by atomic mass is 10.1. The zero-order chi connectivity index (χ0) is 18.9. The van der Waals surface area contributed by atoms with Gasteiger partial charge in [0, 0.05) is 5.56 Å². The van der Waals surface area contributed by atoms with E-state index in [-0.39, 0.29) is 12.4 Å². The summed E-state index contributed by atoms with van der Waals surface area (Å²) in [5, 5.41) is 8.52. The van der Waals surface area contributed by atoms with Gasteiger partial charge in [-0.2, -0.15) is 0 Å². The van der Waals surface area contributed by atoms with E-state index in [2.05, 4.69) is 0 Å². The molecule has 1 N–H and O–H groups in total. The molecule has 0 aliphatic carbocycles. The zero-order valence-electron chi connectivity index (χ0n) is 15.5. The van der Waals surface area contributed by atoms with Crippen molar-refractivity contribution in [2.24, 2.45) is 0 Å². The van der Waals surface area contributed by atoms with Crippen LogP contribution in [0.4, 0.5) is 0 Å². The van der Waals surface area contributed by atoms with Crippen molar-refractivity contribution in [1.29, 1.82) is 0 Å². The van der Waals surface area contributed by atoms with Crippen molar-refractivity contribution in [3.05, 3.63) is 35.4 Å². The van der Waals surface area contributed by atoms with E-state index in [4.69, 9.17) is 28.8 Å². The van der Waals surface area contributed by atoms with Crippen LogP contribution in [-0.4, -0.2) is 77.0 Å². The zero-order valence-corrected chi connectivity index (χ0v) is 15.5. The van der Waals surface area contributed by atoms with E-state index in [1.165, 1.54) is 0 Å². The molecule has 0 unspecified atom stereocenters. The number of carbonyl (C=O) groups is 1. The van der Waals surface area contributed by atoms with Crippen LogP contribution < -0.4 is 0 Å². The first-order chi connectivity index (χ1) is 12.7. The van der Waals surface area contributed by atoms with Crippen LogP contribution in [0.1, 0.15) is 22.8 Å². The molecule has 0 fully saturated rings. The average Bonchev–Trinajstić information content (AvgIpc) is 2.65. The molecular weight excluding hydrogens is 340 g/mol. The maximum atomic E-state index is 11.3. The Balaban J connectivity index is 1.85. The van der Waals surface area contributed by atoms with Gasteiger partial charge in [-0.05, 0) is 18.6 Å². The first-order valence-electron chi connectivity index (χ1n) is 8.83. The number of rotatable bonds is 17. The summed E-state index contributed by atoms with van der Waals surface area (Å²) in [7, 11) is 0. The molecule has 7 nitrogen and oxygen atoms in total. The van der Waals surface area contributed by atoms with Gasteiger partial charge < -0.3 is 28.8 Å². The third kappa shape index (κ3) is 12.1. The number of hydrogen-bond donors (Lipinski definition) is 1. The fourth-order valence-corrected chi connectivity index (χ4v) is 2.01. The number of Topliss-reactive ketones (excluding diaryl/α,β-unsaturated/α-hetero) is 1. The first kappa shape index (κ1) is 22.7. The van der Waals surface area contributed by atoms with Crippen LogP contribution in [0.5, 0.6) is 0 Å². The molecule has 0 heterocycles. The van der Waals surface area contributed by atoms with Crippen LogP contribution in [0.15, 0.2) is 24.3 Å². The molecule has 1 aromatic rings. The van der Waals surface area contributed by atoms with Crippen LogP contribution in [-0.2, 0) is 30.3 Å². The second kappa shape index (κ2) is 15.9. The standard InChI is InChI=1S/C19H30O7/c1-17(21)19-4-2-3-18(15-19)16-26-14-13-25-12-11-24-10-9-23-8-7-22-6-5-20/h2-4,15,20H,5-14,16H2,1H3. The number of hydrogen-bond acceptors (Lipinski definition) is 7. The van der Waals surface area contributed by atoms with E-state index in [1.54, 1.807) is 13.0 Å². The van der Waals surface area contributed by atoms with Crippen molar-refractivity contribution < 1.29 is 33.6 Å². The number of ether oxygens (including phenoxy) is 5. The van der Waals surface area contributed by atoms with Gasteiger partial charge >= 0.3 is 0 Å². The van der Waals surface area contributed by atoms with Gasteiger partial charge in [0.1, 0.15) is 0 Å². The normalized spacial score (nSPS) is 11.0. The highest BCUT2D eigenvalue weighted by atomic mass is 16.6. The molecule has 148 valence electrons. The van der Waals surface area contributed by atoms with Crippen LogP contribution in [0, 0.1) is 0 Å². The molecule has 26 heavy (non-hydrogen) atoms. The van der Waals surface area contributed by atoms with E-state index < -0.39 is 0 Å². The van der Waals surface area contributed by atoms with Gasteiger partial charge in [-0.15, -0.1) is 0 Å². The molecule has 0 aliphatic heterocycles. The Morgan fingerprint density at radius 1 is 0.808 bits per heavy atom. The molecule has 7 heteroatoms. The highest BCUT2D eigenvalue weighted by molar-refractivity contribution is 5.94. The maximum absolute atomic E-state index is 11.3. The summed E-state index contributed by atoms with van der Waals surface area (Å²) >= 11 is 0. The molecule has 0 radical (unpaired) electrons. The smallest absolute Gasteiger partial charge is 0.159 e. The van der Waals surface area contributed by atoms with Crippen LogP contribution in [0.3, 0.4) is 0 Å². The summed E-state index contributed by atoms with van der Waals surface area (Å²) < 4.78 is 26.7. The number of aliphatic hydroxyl groups excluding tert-OH is 1. The Labute approximate surface area is 155 Å². The molecule has 0 saturated carbocycles. The van der Waals surface area contributed by atoms with Crippen molar-refractivity contribution in [2.75, 3.05) is 66.1 Å². The molecular formula is C19H30O7. The lowest BCUT2D eigenvalue weighted by molar-refractivity contribution is -0.0145. The fourth-order valence-electron chi connectivity index (χ4n) is 2.01. The first-order valence-corrected chi connectivity index (χ1v) is 8.83. The quantitative estimate of drug-likeness (QED) is 0.328. The number of carbonyl (C=O) groups excluding carboxylic acids is 1. The number of benzene rings is 1. The second-order valence-electron chi connectivity index (χ2n) is 5.48. The minimum Gasteiger partial charge on any atom is -0.394 e. The van der Waals surface area contributed by atoms with Gasteiger partial charge in [-0.1, -0.05) is 18.2 Å². The lowest BCUT2D eigenvalue weighted by Gasteiger charge is -2.08. The molecule has 0 aromatic heterocycles. The van der Waals surface area contributed by atoms with Crippen LogP contribution in [0.25, 0.3) is 0 Å². The predicted molar refractivity (Wildman–Crippen MR) is 96.5 cm³/mol.